The molecule has 3 nitrogen and oxygen atoms in total. The third-order valence-electron chi connectivity index (χ3n) is 2.56. The van der Waals surface area contributed by atoms with Gasteiger partial charge in [-0.3, -0.25) is 4.79 Å². The van der Waals surface area contributed by atoms with Crippen molar-refractivity contribution in [3.05, 3.63) is 52.3 Å². The molecule has 0 saturated heterocycles. The van der Waals surface area contributed by atoms with Gasteiger partial charge in [0.25, 0.3) is 0 Å². The van der Waals surface area contributed by atoms with Gasteiger partial charge in [0.05, 0.1) is 5.39 Å². The molecule has 78 valence electrons. The number of hydrogen-bond acceptors (Lipinski definition) is 3. The lowest BCUT2D eigenvalue weighted by molar-refractivity contribution is 0.658. The number of rotatable bonds is 0. The summed E-state index contributed by atoms with van der Waals surface area (Å²) in [5.41, 5.74) is 2.45. The fourth-order valence-electron chi connectivity index (χ4n) is 1.78. The Kier molecular flexibility index (Phi) is 1.80. The molecular weight excluding hydrogens is 202 g/mol. The van der Waals surface area contributed by atoms with Crippen molar-refractivity contribution in [3.63, 3.8) is 0 Å². The Bertz CT molecular complexity index is 744. The molecular formula is C13H9NO2. The molecule has 0 aliphatic carbocycles. The first kappa shape index (κ1) is 9.09. The monoisotopic (exact) mass is 211 g/mol. The van der Waals surface area contributed by atoms with Crippen LogP contribution in [0.15, 0.2) is 45.7 Å². The Morgan fingerprint density at radius 1 is 1.19 bits per heavy atom. The van der Waals surface area contributed by atoms with Crippen LogP contribution in [-0.4, -0.2) is 4.98 Å². The second kappa shape index (κ2) is 3.17. The van der Waals surface area contributed by atoms with E-state index in [0.717, 1.165) is 5.56 Å². The van der Waals surface area contributed by atoms with Gasteiger partial charge < -0.3 is 4.42 Å². The molecule has 0 unspecified atom stereocenters. The number of fused-ring (bicyclic) bond motifs is 2. The highest BCUT2D eigenvalue weighted by Gasteiger charge is 2.07. The van der Waals surface area contributed by atoms with Crippen LogP contribution in [0.4, 0.5) is 0 Å². The first-order valence-electron chi connectivity index (χ1n) is 5.04. The van der Waals surface area contributed by atoms with Gasteiger partial charge in [-0.15, -0.1) is 0 Å². The van der Waals surface area contributed by atoms with Crippen molar-refractivity contribution in [1.29, 1.82) is 0 Å². The minimum Gasteiger partial charge on any atom is -0.454 e. The summed E-state index contributed by atoms with van der Waals surface area (Å²) in [6.07, 6.45) is 1.67. The van der Waals surface area contributed by atoms with E-state index in [9.17, 15) is 4.79 Å². The van der Waals surface area contributed by atoms with Crippen LogP contribution in [0.1, 0.15) is 5.56 Å². The molecule has 0 aliphatic heterocycles. The van der Waals surface area contributed by atoms with E-state index in [0.29, 0.717) is 22.1 Å². The van der Waals surface area contributed by atoms with Gasteiger partial charge in [-0.1, -0.05) is 12.1 Å². The normalized spacial score (nSPS) is 11.1. The SMILES string of the molecule is Cc1cnc2c(=O)c3ccccc3oc2c1. The third-order valence-corrected chi connectivity index (χ3v) is 2.56. The van der Waals surface area contributed by atoms with Gasteiger partial charge in [-0.2, -0.15) is 0 Å². The highest BCUT2D eigenvalue weighted by Crippen LogP contribution is 2.17. The second-order valence-corrected chi connectivity index (χ2v) is 3.79. The minimum absolute atomic E-state index is 0.0724. The van der Waals surface area contributed by atoms with Gasteiger partial charge in [-0.05, 0) is 30.7 Å². The molecule has 0 radical (unpaired) electrons. The first-order valence-corrected chi connectivity index (χ1v) is 5.04. The molecule has 3 heteroatoms. The van der Waals surface area contributed by atoms with Crippen molar-refractivity contribution in [3.8, 4) is 0 Å². The predicted octanol–water partition coefficient (Wildman–Crippen LogP) is 2.65. The van der Waals surface area contributed by atoms with Crippen LogP contribution in [0.2, 0.25) is 0 Å². The highest BCUT2D eigenvalue weighted by molar-refractivity contribution is 5.87. The Morgan fingerprint density at radius 3 is 2.88 bits per heavy atom. The van der Waals surface area contributed by atoms with E-state index in [4.69, 9.17) is 4.42 Å². The van der Waals surface area contributed by atoms with Crippen molar-refractivity contribution < 1.29 is 4.42 Å². The summed E-state index contributed by atoms with van der Waals surface area (Å²) in [5.74, 6) is 0. The van der Waals surface area contributed by atoms with E-state index in [1.807, 2.05) is 25.1 Å². The van der Waals surface area contributed by atoms with Gasteiger partial charge in [0.1, 0.15) is 5.58 Å². The van der Waals surface area contributed by atoms with E-state index < -0.39 is 0 Å². The predicted molar refractivity (Wildman–Crippen MR) is 62.5 cm³/mol. The van der Waals surface area contributed by atoms with Gasteiger partial charge in [0.2, 0.25) is 5.43 Å². The van der Waals surface area contributed by atoms with Crippen LogP contribution in [-0.2, 0) is 0 Å². The number of pyridine rings is 1. The molecule has 2 heterocycles. The average Bonchev–Trinajstić information content (AvgIpc) is 2.29. The maximum Gasteiger partial charge on any atom is 0.218 e. The quantitative estimate of drug-likeness (QED) is 0.537. The molecule has 0 aliphatic rings. The average molecular weight is 211 g/mol. The number of aromatic nitrogens is 1. The van der Waals surface area contributed by atoms with Crippen LogP contribution in [0.3, 0.4) is 0 Å². The van der Waals surface area contributed by atoms with Gasteiger partial charge in [0.15, 0.2) is 11.1 Å². The summed E-state index contributed by atoms with van der Waals surface area (Å²) < 4.78 is 5.65. The van der Waals surface area contributed by atoms with E-state index >= 15 is 0 Å². The summed E-state index contributed by atoms with van der Waals surface area (Å²) in [4.78, 5) is 16.2. The minimum atomic E-state index is -0.0724. The highest BCUT2D eigenvalue weighted by atomic mass is 16.3. The molecule has 0 amide bonds. The number of para-hydroxylation sites is 1. The smallest absolute Gasteiger partial charge is 0.218 e. The zero-order valence-corrected chi connectivity index (χ0v) is 8.73. The third kappa shape index (κ3) is 1.21. The van der Waals surface area contributed by atoms with E-state index in [-0.39, 0.29) is 5.43 Å². The Hall–Kier alpha value is -2.16. The Morgan fingerprint density at radius 2 is 2.00 bits per heavy atom. The molecule has 0 saturated carbocycles. The van der Waals surface area contributed by atoms with Crippen LogP contribution in [0.25, 0.3) is 22.1 Å². The zero-order valence-electron chi connectivity index (χ0n) is 8.73. The van der Waals surface area contributed by atoms with Crippen molar-refractivity contribution in [1.82, 2.24) is 4.98 Å². The number of benzene rings is 1. The lowest BCUT2D eigenvalue weighted by atomic mass is 10.2. The summed E-state index contributed by atoms with van der Waals surface area (Å²) >= 11 is 0. The van der Waals surface area contributed by atoms with E-state index in [1.54, 1.807) is 18.3 Å². The van der Waals surface area contributed by atoms with Gasteiger partial charge in [-0.25, -0.2) is 4.98 Å². The topological polar surface area (TPSA) is 43.1 Å². The summed E-state index contributed by atoms with van der Waals surface area (Å²) in [6.45, 7) is 1.92. The van der Waals surface area contributed by atoms with Crippen LogP contribution in [0.5, 0.6) is 0 Å². The van der Waals surface area contributed by atoms with Crippen LogP contribution in [0, 0.1) is 6.92 Å². The molecule has 0 bridgehead atoms. The molecule has 0 fully saturated rings. The standard InChI is InChI=1S/C13H9NO2/c1-8-6-11-12(14-7-8)13(15)9-4-2-3-5-10(9)16-11/h2-7H,1H3. The van der Waals surface area contributed by atoms with Crippen molar-refractivity contribution in [2.75, 3.05) is 0 Å². The molecule has 0 spiro atoms. The Balaban J connectivity index is 2.61. The molecule has 1 aromatic carbocycles. The van der Waals surface area contributed by atoms with Crippen LogP contribution < -0.4 is 5.43 Å². The largest absolute Gasteiger partial charge is 0.454 e. The lowest BCUT2D eigenvalue weighted by Gasteiger charge is -2.00. The second-order valence-electron chi connectivity index (χ2n) is 3.79. The van der Waals surface area contributed by atoms with Gasteiger partial charge >= 0.3 is 0 Å². The van der Waals surface area contributed by atoms with Crippen LogP contribution >= 0.6 is 0 Å². The zero-order chi connectivity index (χ0) is 11.1. The molecule has 0 N–H and O–H groups in total. The van der Waals surface area contributed by atoms with Crippen molar-refractivity contribution in [2.24, 2.45) is 0 Å². The maximum atomic E-state index is 12.1. The van der Waals surface area contributed by atoms with Gasteiger partial charge in [0, 0.05) is 6.20 Å². The van der Waals surface area contributed by atoms with E-state index in [2.05, 4.69) is 4.98 Å². The number of hydrogen-bond donors (Lipinski definition) is 0. The summed E-state index contributed by atoms with van der Waals surface area (Å²) in [6, 6.07) is 9.04. The summed E-state index contributed by atoms with van der Waals surface area (Å²) in [7, 11) is 0. The Labute approximate surface area is 91.3 Å². The first-order chi connectivity index (χ1) is 7.75. The van der Waals surface area contributed by atoms with E-state index in [1.165, 1.54) is 0 Å². The fraction of sp³-hybridized carbons (Fsp3) is 0.0769. The fourth-order valence-corrected chi connectivity index (χ4v) is 1.78. The number of aryl methyl sites for hydroxylation is 1. The molecule has 0 atom stereocenters. The van der Waals surface area contributed by atoms with Crippen molar-refractivity contribution >= 4 is 22.1 Å². The molecule has 3 rings (SSSR count). The maximum absolute atomic E-state index is 12.1. The molecule has 3 aromatic rings. The molecule has 16 heavy (non-hydrogen) atoms. The number of nitrogens with zero attached hydrogens (tertiary/aromatic N) is 1. The summed E-state index contributed by atoms with van der Waals surface area (Å²) in [5, 5.41) is 0.575. The lowest BCUT2D eigenvalue weighted by Crippen LogP contribution is -2.03. The molecule has 2 aromatic heterocycles. The van der Waals surface area contributed by atoms with Crippen molar-refractivity contribution in [2.45, 2.75) is 6.92 Å².